The largest absolute Gasteiger partial charge is 0.353 e. The smallest absolute Gasteiger partial charge is 0.251 e. The van der Waals surface area contributed by atoms with Gasteiger partial charge >= 0.3 is 0 Å². The van der Waals surface area contributed by atoms with Crippen LogP contribution in [0.2, 0.25) is 0 Å². The third-order valence-corrected chi connectivity index (χ3v) is 7.02. The van der Waals surface area contributed by atoms with Crippen molar-refractivity contribution in [2.24, 2.45) is 0 Å². The van der Waals surface area contributed by atoms with Crippen LogP contribution >= 0.6 is 0 Å². The highest BCUT2D eigenvalue weighted by atomic mass is 19.1. The molecule has 2 fully saturated rings. The number of nitrogens with one attached hydrogen (secondary N) is 3. The molecule has 0 spiro atoms. The Kier molecular flexibility index (Phi) is 7.78. The van der Waals surface area contributed by atoms with Gasteiger partial charge in [-0.1, -0.05) is 12.1 Å². The Balaban J connectivity index is 1.17. The van der Waals surface area contributed by atoms with Crippen LogP contribution in [-0.4, -0.2) is 70.7 Å². The highest BCUT2D eigenvalue weighted by Crippen LogP contribution is 2.40. The van der Waals surface area contributed by atoms with E-state index < -0.39 is 6.04 Å². The quantitative estimate of drug-likeness (QED) is 0.356. The van der Waals surface area contributed by atoms with Gasteiger partial charge in [-0.2, -0.15) is 5.10 Å². The lowest BCUT2D eigenvalue weighted by atomic mass is 10.1. The zero-order chi connectivity index (χ0) is 26.5. The zero-order valence-corrected chi connectivity index (χ0v) is 21.0. The summed E-state index contributed by atoms with van der Waals surface area (Å²) in [4.78, 5) is 39.7. The van der Waals surface area contributed by atoms with Crippen molar-refractivity contribution in [1.82, 2.24) is 30.6 Å². The summed E-state index contributed by atoms with van der Waals surface area (Å²) >= 11 is 0. The predicted molar refractivity (Wildman–Crippen MR) is 139 cm³/mol. The Morgan fingerprint density at radius 3 is 2.63 bits per heavy atom. The normalized spacial score (nSPS) is 19.5. The van der Waals surface area contributed by atoms with Gasteiger partial charge in [0.2, 0.25) is 11.8 Å². The number of amides is 3. The van der Waals surface area contributed by atoms with Crippen LogP contribution in [0.25, 0.3) is 5.69 Å². The standard InChI is InChI=1S/C28H31FN6O3/c29-21-8-4-19(5-9-21)23-17-25(23)30-12-1-3-24(28(38)34-16-14-31-26(36)18-34)33-27(37)20-6-10-22(11-7-20)35-15-2-13-32-35/h2,4-11,13,15,23-25,30H,1,3,12,14,16-18H2,(H,31,36)(H,33,37)/t23-,24?,25+/m0/s1. The van der Waals surface area contributed by atoms with Crippen molar-refractivity contribution in [3.8, 4) is 5.69 Å². The third kappa shape index (κ3) is 6.25. The van der Waals surface area contributed by atoms with Crippen molar-refractivity contribution in [2.75, 3.05) is 26.2 Å². The number of rotatable bonds is 10. The fourth-order valence-corrected chi connectivity index (χ4v) is 4.83. The van der Waals surface area contributed by atoms with E-state index >= 15 is 0 Å². The van der Waals surface area contributed by atoms with Crippen molar-refractivity contribution in [3.05, 3.63) is 83.9 Å². The van der Waals surface area contributed by atoms with Crippen LogP contribution in [0.3, 0.4) is 0 Å². The second-order valence-electron chi connectivity index (χ2n) is 9.73. The topological polar surface area (TPSA) is 108 Å². The van der Waals surface area contributed by atoms with E-state index in [0.29, 0.717) is 50.0 Å². The lowest BCUT2D eigenvalue weighted by Crippen LogP contribution is -2.56. The summed E-state index contributed by atoms with van der Waals surface area (Å²) in [7, 11) is 0. The molecular formula is C28H31FN6O3. The maximum Gasteiger partial charge on any atom is 0.251 e. The van der Waals surface area contributed by atoms with Gasteiger partial charge in [-0.3, -0.25) is 14.4 Å². The number of hydrogen-bond donors (Lipinski definition) is 3. The molecule has 2 aliphatic rings. The van der Waals surface area contributed by atoms with Crippen molar-refractivity contribution in [1.29, 1.82) is 0 Å². The number of piperazine rings is 1. The van der Waals surface area contributed by atoms with Gasteiger partial charge in [-0.05, 0) is 73.8 Å². The first-order valence-electron chi connectivity index (χ1n) is 12.9. The second kappa shape index (κ2) is 11.6. The molecular weight excluding hydrogens is 487 g/mol. The highest BCUT2D eigenvalue weighted by Gasteiger charge is 2.37. The Hall–Kier alpha value is -4.05. The second-order valence-corrected chi connectivity index (χ2v) is 9.73. The zero-order valence-electron chi connectivity index (χ0n) is 21.0. The molecule has 9 nitrogen and oxygen atoms in total. The molecule has 2 heterocycles. The van der Waals surface area contributed by atoms with Crippen LogP contribution in [0.1, 0.15) is 41.1 Å². The fourth-order valence-electron chi connectivity index (χ4n) is 4.83. The number of carbonyl (C=O) groups is 3. The molecule has 0 bridgehead atoms. The van der Waals surface area contributed by atoms with Crippen LogP contribution < -0.4 is 16.0 Å². The number of nitrogens with zero attached hydrogens (tertiary/aromatic N) is 3. The van der Waals surface area contributed by atoms with E-state index in [-0.39, 0.29) is 30.1 Å². The van der Waals surface area contributed by atoms with Crippen LogP contribution in [0, 0.1) is 5.82 Å². The van der Waals surface area contributed by atoms with Crippen molar-refractivity contribution < 1.29 is 18.8 Å². The lowest BCUT2D eigenvalue weighted by Gasteiger charge is -2.30. The molecule has 38 heavy (non-hydrogen) atoms. The molecule has 1 aliphatic carbocycles. The number of halogens is 1. The van der Waals surface area contributed by atoms with Crippen LogP contribution in [0.4, 0.5) is 4.39 Å². The van der Waals surface area contributed by atoms with Crippen LogP contribution in [-0.2, 0) is 9.59 Å². The van der Waals surface area contributed by atoms with Gasteiger partial charge in [-0.25, -0.2) is 9.07 Å². The number of aromatic nitrogens is 2. The first-order chi connectivity index (χ1) is 18.5. The first kappa shape index (κ1) is 25.6. The monoisotopic (exact) mass is 518 g/mol. The fraction of sp³-hybridized carbons (Fsp3) is 0.357. The SMILES string of the molecule is O=C1CN(C(=O)C(CCCN[C@@H]2C[C@H]2c2ccc(F)cc2)NC(=O)c2ccc(-n3cccn3)cc2)CCN1. The Labute approximate surface area is 220 Å². The van der Waals surface area contributed by atoms with Gasteiger partial charge in [0.15, 0.2) is 0 Å². The van der Waals surface area contributed by atoms with Gasteiger partial charge in [0.1, 0.15) is 11.9 Å². The molecule has 1 saturated carbocycles. The summed E-state index contributed by atoms with van der Waals surface area (Å²) in [5.74, 6) is -0.674. The number of carbonyl (C=O) groups excluding carboxylic acids is 3. The molecule has 1 saturated heterocycles. The van der Waals surface area contributed by atoms with E-state index in [1.807, 2.05) is 24.4 Å². The van der Waals surface area contributed by atoms with E-state index in [4.69, 9.17) is 0 Å². The highest BCUT2D eigenvalue weighted by molar-refractivity contribution is 5.98. The molecule has 1 unspecified atom stereocenters. The summed E-state index contributed by atoms with van der Waals surface area (Å²) in [6.07, 6.45) is 5.59. The first-order valence-corrected chi connectivity index (χ1v) is 12.9. The van der Waals surface area contributed by atoms with Gasteiger partial charge in [0, 0.05) is 43.0 Å². The van der Waals surface area contributed by atoms with Crippen LogP contribution in [0.15, 0.2) is 67.0 Å². The minimum Gasteiger partial charge on any atom is -0.353 e. The molecule has 3 N–H and O–H groups in total. The maximum atomic E-state index is 13.3. The average Bonchev–Trinajstić information content (AvgIpc) is 3.49. The van der Waals surface area contributed by atoms with Crippen molar-refractivity contribution in [3.63, 3.8) is 0 Å². The lowest BCUT2D eigenvalue weighted by molar-refractivity contribution is -0.139. The molecule has 198 valence electrons. The van der Waals surface area contributed by atoms with Gasteiger partial charge < -0.3 is 20.9 Å². The number of hydrogen-bond acceptors (Lipinski definition) is 5. The summed E-state index contributed by atoms with van der Waals surface area (Å²) in [5.41, 5.74) is 2.38. The molecule has 2 aromatic carbocycles. The summed E-state index contributed by atoms with van der Waals surface area (Å²) in [5, 5.41) is 13.3. The summed E-state index contributed by atoms with van der Waals surface area (Å²) in [6.45, 7) is 1.48. The molecule has 0 radical (unpaired) electrons. The molecule has 1 aromatic heterocycles. The van der Waals surface area contributed by atoms with Crippen LogP contribution in [0.5, 0.6) is 0 Å². The van der Waals surface area contributed by atoms with E-state index in [2.05, 4.69) is 21.0 Å². The average molecular weight is 519 g/mol. The summed E-state index contributed by atoms with van der Waals surface area (Å²) < 4.78 is 14.9. The molecule has 10 heteroatoms. The Bertz CT molecular complexity index is 1260. The molecule has 5 rings (SSSR count). The minimum atomic E-state index is -0.743. The molecule has 3 aromatic rings. The maximum absolute atomic E-state index is 13.3. The van der Waals surface area contributed by atoms with E-state index in [1.54, 1.807) is 35.1 Å². The molecule has 1 aliphatic heterocycles. The van der Waals surface area contributed by atoms with Gasteiger partial charge in [-0.15, -0.1) is 0 Å². The van der Waals surface area contributed by atoms with Crippen molar-refractivity contribution in [2.45, 2.75) is 37.3 Å². The van der Waals surface area contributed by atoms with E-state index in [9.17, 15) is 18.8 Å². The Morgan fingerprint density at radius 1 is 1.13 bits per heavy atom. The van der Waals surface area contributed by atoms with E-state index in [1.165, 1.54) is 17.0 Å². The summed E-state index contributed by atoms with van der Waals surface area (Å²) in [6, 6.07) is 15.0. The van der Waals surface area contributed by atoms with Crippen molar-refractivity contribution >= 4 is 17.7 Å². The van der Waals surface area contributed by atoms with Gasteiger partial charge in [0.25, 0.3) is 5.91 Å². The number of benzene rings is 2. The van der Waals surface area contributed by atoms with Gasteiger partial charge in [0.05, 0.1) is 12.2 Å². The third-order valence-electron chi connectivity index (χ3n) is 7.02. The predicted octanol–water partition coefficient (Wildman–Crippen LogP) is 1.99. The molecule has 3 atom stereocenters. The Morgan fingerprint density at radius 2 is 1.92 bits per heavy atom. The van der Waals surface area contributed by atoms with E-state index in [0.717, 1.165) is 17.7 Å². The molecule has 3 amide bonds. The minimum absolute atomic E-state index is 0.0105.